The van der Waals surface area contributed by atoms with Gasteiger partial charge in [0.05, 0.1) is 4.75 Å². The van der Waals surface area contributed by atoms with Crippen LogP contribution in [0.2, 0.25) is 0 Å². The number of rotatable bonds is 10. The first-order chi connectivity index (χ1) is 21.1. The van der Waals surface area contributed by atoms with Crippen LogP contribution in [0.25, 0.3) is 11.1 Å². The predicted molar refractivity (Wildman–Crippen MR) is 171 cm³/mol. The van der Waals surface area contributed by atoms with Crippen molar-refractivity contribution >= 4 is 23.8 Å². The van der Waals surface area contributed by atoms with Gasteiger partial charge in [-0.25, -0.2) is 9.59 Å². The summed E-state index contributed by atoms with van der Waals surface area (Å²) in [6.07, 6.45) is -0.750. The highest BCUT2D eigenvalue weighted by atomic mass is 32.2. The molecule has 0 radical (unpaired) electrons. The van der Waals surface area contributed by atoms with Gasteiger partial charge in [-0.3, -0.25) is 0 Å². The molecule has 5 aromatic carbocycles. The lowest BCUT2D eigenvalue weighted by Gasteiger charge is -2.36. The summed E-state index contributed by atoms with van der Waals surface area (Å²) in [5.41, 5.74) is 7.51. The Balaban J connectivity index is 1.23. The second-order valence-corrected chi connectivity index (χ2v) is 11.7. The van der Waals surface area contributed by atoms with Gasteiger partial charge in [0.25, 0.3) is 0 Å². The van der Waals surface area contributed by atoms with Crippen LogP contribution in [0.1, 0.15) is 33.7 Å². The minimum absolute atomic E-state index is 0.109. The Hall–Kier alpha value is -4.81. The van der Waals surface area contributed by atoms with Crippen molar-refractivity contribution in [2.75, 3.05) is 12.4 Å². The SMILES string of the molecule is O=C(N[C@H](CSC(c1ccccc1)(c1ccccc1)c1ccccc1)C(=[18O])[18OH])OCC1c2ccccc2-c2ccccc21. The van der Waals surface area contributed by atoms with E-state index >= 15 is 0 Å². The number of alkyl carbamates (subject to hydrolysis) is 1. The van der Waals surface area contributed by atoms with Crippen molar-refractivity contribution in [1.29, 1.82) is 0 Å². The first-order valence-electron chi connectivity index (χ1n) is 14.2. The van der Waals surface area contributed by atoms with Crippen LogP contribution in [0.15, 0.2) is 140 Å². The second-order valence-electron chi connectivity index (χ2n) is 10.5. The fourth-order valence-corrected chi connectivity index (χ4v) is 7.48. The van der Waals surface area contributed by atoms with Crippen molar-refractivity contribution in [3.63, 3.8) is 0 Å². The van der Waals surface area contributed by atoms with Crippen LogP contribution in [-0.4, -0.2) is 35.6 Å². The molecule has 43 heavy (non-hydrogen) atoms. The molecule has 1 atom stereocenters. The van der Waals surface area contributed by atoms with Gasteiger partial charge >= 0.3 is 12.1 Å². The summed E-state index contributed by atoms with van der Waals surface area (Å²) in [6.45, 7) is 0.112. The molecule has 1 aliphatic rings. The zero-order chi connectivity index (χ0) is 29.6. The van der Waals surface area contributed by atoms with E-state index in [2.05, 4.69) is 53.8 Å². The van der Waals surface area contributed by atoms with Crippen LogP contribution in [0.3, 0.4) is 0 Å². The number of hydrogen-bond acceptors (Lipinski definition) is 4. The van der Waals surface area contributed by atoms with Crippen LogP contribution in [0, 0.1) is 0 Å². The van der Waals surface area contributed by atoms with E-state index in [1.54, 1.807) is 0 Å². The zero-order valence-electron chi connectivity index (χ0n) is 23.4. The smallest absolute Gasteiger partial charge is 0.407 e. The molecule has 214 valence electrons. The number of thioether (sulfide) groups is 1. The highest BCUT2D eigenvalue weighted by Gasteiger charge is 2.39. The lowest BCUT2D eigenvalue weighted by atomic mass is 9.84. The van der Waals surface area contributed by atoms with Gasteiger partial charge in [0.1, 0.15) is 12.6 Å². The van der Waals surface area contributed by atoms with Gasteiger partial charge in [0, 0.05) is 11.7 Å². The van der Waals surface area contributed by atoms with E-state index < -0.39 is 22.9 Å². The number of fused-ring (bicyclic) bond motifs is 3. The van der Waals surface area contributed by atoms with Crippen LogP contribution >= 0.6 is 11.8 Å². The minimum atomic E-state index is -1.17. The molecule has 0 heterocycles. The molecular weight excluding hydrogens is 558 g/mol. The summed E-state index contributed by atoms with van der Waals surface area (Å²) in [7, 11) is 0. The average molecular weight is 590 g/mol. The molecule has 0 unspecified atom stereocenters. The van der Waals surface area contributed by atoms with Gasteiger partial charge < -0.3 is 15.2 Å². The normalized spacial score (nSPS) is 13.0. The van der Waals surface area contributed by atoms with E-state index in [-0.39, 0.29) is 18.3 Å². The first kappa shape index (κ1) is 28.3. The fraction of sp³-hybridized carbons (Fsp3) is 0.135. The van der Waals surface area contributed by atoms with Gasteiger partial charge in [-0.05, 0) is 38.9 Å². The molecule has 0 aliphatic heterocycles. The monoisotopic (exact) mass is 589 g/mol. The number of nitrogens with one attached hydrogen (secondary N) is 1. The topological polar surface area (TPSA) is 75.6 Å². The van der Waals surface area contributed by atoms with Gasteiger partial charge in [0.2, 0.25) is 0 Å². The average Bonchev–Trinajstić information content (AvgIpc) is 3.38. The lowest BCUT2D eigenvalue weighted by molar-refractivity contribution is -0.138. The van der Waals surface area contributed by atoms with E-state index in [9.17, 15) is 14.7 Å². The largest absolute Gasteiger partial charge is 0.480 e. The third kappa shape index (κ3) is 5.66. The Kier molecular flexibility index (Phi) is 8.29. The molecule has 0 saturated heterocycles. The zero-order valence-corrected chi connectivity index (χ0v) is 24.2. The minimum Gasteiger partial charge on any atom is -0.480 e. The van der Waals surface area contributed by atoms with Crippen LogP contribution in [0.4, 0.5) is 4.79 Å². The summed E-state index contributed by atoms with van der Waals surface area (Å²) >= 11 is 1.48. The van der Waals surface area contributed by atoms with E-state index in [1.807, 2.05) is 91.0 Å². The molecule has 0 bridgehead atoms. The van der Waals surface area contributed by atoms with E-state index in [0.717, 1.165) is 38.9 Å². The number of carboxylic acid groups (broad SMARTS) is 1. The van der Waals surface area contributed by atoms with Crippen molar-refractivity contribution < 1.29 is 19.4 Å². The Bertz CT molecular complexity index is 1570. The van der Waals surface area contributed by atoms with Crippen molar-refractivity contribution in [3.05, 3.63) is 167 Å². The molecule has 5 aromatic rings. The maximum Gasteiger partial charge on any atom is 0.407 e. The molecule has 5 nitrogen and oxygen atoms in total. The van der Waals surface area contributed by atoms with E-state index in [1.165, 1.54) is 11.8 Å². The van der Waals surface area contributed by atoms with Crippen molar-refractivity contribution in [2.24, 2.45) is 0 Å². The molecular formula is C37H31NO4S. The Labute approximate surface area is 255 Å². The van der Waals surface area contributed by atoms with Crippen LogP contribution in [-0.2, 0) is 14.3 Å². The van der Waals surface area contributed by atoms with Crippen molar-refractivity contribution in [3.8, 4) is 11.1 Å². The maximum absolute atomic E-state index is 13.1. The third-order valence-corrected chi connectivity index (χ3v) is 9.58. The number of carboxylic acids is 1. The van der Waals surface area contributed by atoms with E-state index in [0.29, 0.717) is 0 Å². The van der Waals surface area contributed by atoms with Gasteiger partial charge in [-0.15, -0.1) is 11.8 Å². The molecule has 1 aliphatic carbocycles. The molecule has 0 saturated carbocycles. The first-order valence-corrected chi connectivity index (χ1v) is 15.2. The number of benzene rings is 5. The molecule has 1 amide bonds. The highest BCUT2D eigenvalue weighted by molar-refractivity contribution is 8.00. The highest BCUT2D eigenvalue weighted by Crippen LogP contribution is 2.49. The molecule has 0 spiro atoms. The fourth-order valence-electron chi connectivity index (χ4n) is 5.93. The number of carbonyl (C=O) groups is 2. The predicted octanol–water partition coefficient (Wildman–Crippen LogP) is 7.70. The summed E-state index contributed by atoms with van der Waals surface area (Å²) < 4.78 is 4.98. The summed E-state index contributed by atoms with van der Waals surface area (Å²) in [6, 6.07) is 45.2. The molecule has 6 heteroatoms. The molecule has 0 aromatic heterocycles. The van der Waals surface area contributed by atoms with Crippen molar-refractivity contribution in [2.45, 2.75) is 16.7 Å². The number of hydrogen-bond donors (Lipinski definition) is 2. The number of carbonyl (C=O) groups excluding carboxylic acids is 1. The molecule has 2 N–H and O–H groups in total. The molecule has 6 rings (SSSR count). The number of amides is 1. The van der Waals surface area contributed by atoms with Gasteiger partial charge in [0.15, 0.2) is 0 Å². The maximum atomic E-state index is 13.1. The van der Waals surface area contributed by atoms with Crippen LogP contribution < -0.4 is 5.32 Å². The van der Waals surface area contributed by atoms with Crippen LogP contribution in [0.5, 0.6) is 0 Å². The molecule has 0 fully saturated rings. The quantitative estimate of drug-likeness (QED) is 0.129. The van der Waals surface area contributed by atoms with E-state index in [4.69, 9.17) is 4.74 Å². The van der Waals surface area contributed by atoms with Crippen molar-refractivity contribution in [1.82, 2.24) is 5.32 Å². The second kappa shape index (κ2) is 12.6. The summed E-state index contributed by atoms with van der Waals surface area (Å²) in [4.78, 5) is 25.5. The standard InChI is InChI=1S/C37H31NO4S/c39-35(40)34(38-36(41)42-24-33-31-22-12-10-20-29(31)30-21-11-13-23-32(30)33)25-43-37(26-14-4-1-5-15-26,27-16-6-2-7-17-27)28-18-8-3-9-19-28/h1-23,33-34H,24-25H2,(H,38,41)(H,39,40)/t34-/m1/s1/i39+2,40+2. The van der Waals surface area contributed by atoms with Gasteiger partial charge in [-0.2, -0.15) is 0 Å². The van der Waals surface area contributed by atoms with Gasteiger partial charge in [-0.1, -0.05) is 140 Å². The lowest BCUT2D eigenvalue weighted by Crippen LogP contribution is -2.44. The summed E-state index contributed by atoms with van der Waals surface area (Å²) in [5, 5.41) is 12.8. The Morgan fingerprint density at radius 3 is 1.58 bits per heavy atom. The number of aliphatic carboxylic acids is 1. The Morgan fingerprint density at radius 2 is 1.14 bits per heavy atom. The number of ether oxygens (including phenoxy) is 1. The third-order valence-electron chi connectivity index (χ3n) is 7.94. The summed E-state index contributed by atoms with van der Waals surface area (Å²) in [5.74, 6) is -1.13. The Morgan fingerprint density at radius 1 is 0.721 bits per heavy atom.